The summed E-state index contributed by atoms with van der Waals surface area (Å²) in [6, 6.07) is 4.88. The predicted molar refractivity (Wildman–Crippen MR) is 59.1 cm³/mol. The molecule has 0 aliphatic rings. The van der Waals surface area contributed by atoms with E-state index in [2.05, 4.69) is 4.72 Å². The Morgan fingerprint density at radius 1 is 1.40 bits per heavy atom. The van der Waals surface area contributed by atoms with E-state index in [0.29, 0.717) is 22.3 Å². The molecule has 0 bridgehead atoms. The molecule has 0 saturated carbocycles. The van der Waals surface area contributed by atoms with E-state index in [0.717, 1.165) is 6.26 Å². The molecule has 0 amide bonds. The van der Waals surface area contributed by atoms with Crippen LogP contribution in [-0.2, 0) is 10.0 Å². The molecule has 0 aliphatic heterocycles. The van der Waals surface area contributed by atoms with Gasteiger partial charge in [-0.1, -0.05) is 0 Å². The molecule has 2 aromatic rings. The summed E-state index contributed by atoms with van der Waals surface area (Å²) in [5.74, 6) is 0. The minimum Gasteiger partial charge on any atom is -0.464 e. The first-order chi connectivity index (χ1) is 6.96. The zero-order valence-electron chi connectivity index (χ0n) is 8.02. The molecule has 0 atom stereocenters. The lowest BCUT2D eigenvalue weighted by atomic mass is 10.2. The lowest BCUT2D eigenvalue weighted by molar-refractivity contribution is 0.607. The number of benzene rings is 1. The van der Waals surface area contributed by atoms with Gasteiger partial charge < -0.3 is 10.2 Å². The van der Waals surface area contributed by atoms with Gasteiger partial charge in [0, 0.05) is 17.1 Å². The van der Waals surface area contributed by atoms with Crippen LogP contribution >= 0.6 is 0 Å². The van der Waals surface area contributed by atoms with E-state index in [1.807, 2.05) is 0 Å². The second kappa shape index (κ2) is 3.16. The molecule has 0 fully saturated rings. The standard InChI is InChI=1S/C9H10N2O3S/c1-15(12,13)11-8-4-6(10)5-9-7(8)2-3-14-9/h2-5,11H,10H2,1H3. The number of nitrogens with two attached hydrogens (primary N) is 1. The Balaban J connectivity index is 2.63. The van der Waals surface area contributed by atoms with Crippen LogP contribution in [0.1, 0.15) is 0 Å². The van der Waals surface area contributed by atoms with E-state index < -0.39 is 10.0 Å². The fraction of sp³-hybridized carbons (Fsp3) is 0.111. The highest BCUT2D eigenvalue weighted by Crippen LogP contribution is 2.28. The molecule has 1 aromatic heterocycles. The van der Waals surface area contributed by atoms with Gasteiger partial charge in [0.05, 0.1) is 18.2 Å². The number of nitrogen functional groups attached to an aromatic ring is 1. The molecular formula is C9H10N2O3S. The molecule has 3 N–H and O–H groups in total. The number of hydrogen-bond acceptors (Lipinski definition) is 4. The second-order valence-electron chi connectivity index (χ2n) is 3.28. The van der Waals surface area contributed by atoms with Gasteiger partial charge in [0.25, 0.3) is 0 Å². The maximum atomic E-state index is 11.1. The van der Waals surface area contributed by atoms with Crippen LogP contribution in [0.3, 0.4) is 0 Å². The molecule has 15 heavy (non-hydrogen) atoms. The molecule has 1 aromatic carbocycles. The van der Waals surface area contributed by atoms with Crippen molar-refractivity contribution in [1.82, 2.24) is 0 Å². The molecular weight excluding hydrogens is 216 g/mol. The average molecular weight is 226 g/mol. The predicted octanol–water partition coefficient (Wildman–Crippen LogP) is 1.39. The first-order valence-corrected chi connectivity index (χ1v) is 6.09. The molecule has 0 spiro atoms. The summed E-state index contributed by atoms with van der Waals surface area (Å²) in [6.07, 6.45) is 2.57. The van der Waals surface area contributed by atoms with Gasteiger partial charge in [-0.05, 0) is 12.1 Å². The van der Waals surface area contributed by atoms with Gasteiger partial charge in [-0.3, -0.25) is 4.72 Å². The van der Waals surface area contributed by atoms with Crippen LogP contribution in [-0.4, -0.2) is 14.7 Å². The fourth-order valence-electron chi connectivity index (χ4n) is 1.38. The number of hydrogen-bond donors (Lipinski definition) is 2. The molecule has 80 valence electrons. The topological polar surface area (TPSA) is 85.3 Å². The third-order valence-electron chi connectivity index (χ3n) is 1.89. The molecule has 0 unspecified atom stereocenters. The highest BCUT2D eigenvalue weighted by atomic mass is 32.2. The highest BCUT2D eigenvalue weighted by Gasteiger charge is 2.09. The molecule has 2 rings (SSSR count). The summed E-state index contributed by atoms with van der Waals surface area (Å²) in [6.45, 7) is 0. The van der Waals surface area contributed by atoms with E-state index in [1.165, 1.54) is 6.26 Å². The normalized spacial score (nSPS) is 11.8. The van der Waals surface area contributed by atoms with Crippen molar-refractivity contribution in [3.05, 3.63) is 24.5 Å². The first-order valence-electron chi connectivity index (χ1n) is 4.20. The van der Waals surface area contributed by atoms with Crippen LogP contribution in [0.25, 0.3) is 11.0 Å². The molecule has 0 radical (unpaired) electrons. The maximum Gasteiger partial charge on any atom is 0.229 e. The summed E-state index contributed by atoms with van der Waals surface area (Å²) in [4.78, 5) is 0. The fourth-order valence-corrected chi connectivity index (χ4v) is 1.95. The van der Waals surface area contributed by atoms with Crippen molar-refractivity contribution in [3.63, 3.8) is 0 Å². The monoisotopic (exact) mass is 226 g/mol. The number of nitrogens with one attached hydrogen (secondary N) is 1. The lowest BCUT2D eigenvalue weighted by Crippen LogP contribution is -2.09. The van der Waals surface area contributed by atoms with Crippen molar-refractivity contribution in [2.45, 2.75) is 0 Å². The van der Waals surface area contributed by atoms with E-state index >= 15 is 0 Å². The highest BCUT2D eigenvalue weighted by molar-refractivity contribution is 7.92. The van der Waals surface area contributed by atoms with Crippen molar-refractivity contribution >= 4 is 32.4 Å². The third kappa shape index (κ3) is 2.04. The van der Waals surface area contributed by atoms with Gasteiger partial charge in [0.1, 0.15) is 5.58 Å². The van der Waals surface area contributed by atoms with Gasteiger partial charge >= 0.3 is 0 Å². The van der Waals surface area contributed by atoms with Crippen molar-refractivity contribution in [2.75, 3.05) is 16.7 Å². The number of sulfonamides is 1. The molecule has 1 heterocycles. The van der Waals surface area contributed by atoms with Crippen LogP contribution in [0.4, 0.5) is 11.4 Å². The van der Waals surface area contributed by atoms with Crippen molar-refractivity contribution < 1.29 is 12.8 Å². The van der Waals surface area contributed by atoms with E-state index in [1.54, 1.807) is 18.2 Å². The van der Waals surface area contributed by atoms with Crippen molar-refractivity contribution in [1.29, 1.82) is 0 Å². The number of fused-ring (bicyclic) bond motifs is 1. The number of anilines is 2. The Morgan fingerprint density at radius 2 is 2.13 bits per heavy atom. The van der Waals surface area contributed by atoms with Gasteiger partial charge in [0.2, 0.25) is 10.0 Å². The van der Waals surface area contributed by atoms with Crippen LogP contribution in [0, 0.1) is 0 Å². The maximum absolute atomic E-state index is 11.1. The summed E-state index contributed by atoms with van der Waals surface area (Å²) in [5, 5.41) is 0.689. The van der Waals surface area contributed by atoms with Crippen LogP contribution in [0.5, 0.6) is 0 Å². The second-order valence-corrected chi connectivity index (χ2v) is 5.02. The summed E-state index contributed by atoms with van der Waals surface area (Å²) >= 11 is 0. The largest absolute Gasteiger partial charge is 0.464 e. The van der Waals surface area contributed by atoms with Crippen LogP contribution in [0.15, 0.2) is 28.9 Å². The lowest BCUT2D eigenvalue weighted by Gasteiger charge is -2.05. The first kappa shape index (κ1) is 9.85. The van der Waals surface area contributed by atoms with Crippen molar-refractivity contribution in [3.8, 4) is 0 Å². The number of furan rings is 1. The quantitative estimate of drug-likeness (QED) is 0.757. The Hall–Kier alpha value is -1.69. The Labute approximate surface area is 86.9 Å². The van der Waals surface area contributed by atoms with Crippen molar-refractivity contribution in [2.24, 2.45) is 0 Å². The average Bonchev–Trinajstić information content (AvgIpc) is 2.48. The Kier molecular flexibility index (Phi) is 2.08. The Morgan fingerprint density at radius 3 is 2.80 bits per heavy atom. The molecule has 6 heteroatoms. The van der Waals surface area contributed by atoms with E-state index in [9.17, 15) is 8.42 Å². The molecule has 0 saturated heterocycles. The van der Waals surface area contributed by atoms with E-state index in [-0.39, 0.29) is 0 Å². The van der Waals surface area contributed by atoms with Gasteiger partial charge in [0.15, 0.2) is 0 Å². The van der Waals surface area contributed by atoms with Crippen LogP contribution in [0.2, 0.25) is 0 Å². The van der Waals surface area contributed by atoms with Gasteiger partial charge in [-0.25, -0.2) is 8.42 Å². The Bertz CT molecular complexity index is 601. The van der Waals surface area contributed by atoms with E-state index in [4.69, 9.17) is 10.2 Å². The number of rotatable bonds is 2. The minimum atomic E-state index is -3.31. The summed E-state index contributed by atoms with van der Waals surface area (Å²) in [7, 11) is -3.31. The molecule has 5 nitrogen and oxygen atoms in total. The summed E-state index contributed by atoms with van der Waals surface area (Å²) in [5.41, 5.74) is 7.04. The third-order valence-corrected chi connectivity index (χ3v) is 2.48. The van der Waals surface area contributed by atoms with Crippen LogP contribution < -0.4 is 10.5 Å². The van der Waals surface area contributed by atoms with Gasteiger partial charge in [-0.2, -0.15) is 0 Å². The van der Waals surface area contributed by atoms with Gasteiger partial charge in [-0.15, -0.1) is 0 Å². The SMILES string of the molecule is CS(=O)(=O)Nc1cc(N)cc2occc12. The minimum absolute atomic E-state index is 0.432. The smallest absolute Gasteiger partial charge is 0.229 e. The zero-order valence-corrected chi connectivity index (χ0v) is 8.84. The zero-order chi connectivity index (χ0) is 11.1. The summed E-state index contributed by atoms with van der Waals surface area (Å²) < 4.78 is 29.7. The molecule has 0 aliphatic carbocycles.